The van der Waals surface area contributed by atoms with Crippen molar-refractivity contribution < 1.29 is 27.4 Å². The first-order chi connectivity index (χ1) is 16.8. The number of rotatable bonds is 6. The van der Waals surface area contributed by atoms with Crippen LogP contribution in [0.4, 0.5) is 13.2 Å². The third-order valence-corrected chi connectivity index (χ3v) is 6.55. The van der Waals surface area contributed by atoms with Gasteiger partial charge < -0.3 is 14.8 Å². The lowest BCUT2D eigenvalue weighted by Crippen LogP contribution is -2.49. The predicted molar refractivity (Wildman–Crippen MR) is 121 cm³/mol. The molecule has 1 amide bonds. The van der Waals surface area contributed by atoms with Crippen molar-refractivity contribution in [1.82, 2.24) is 20.1 Å². The van der Waals surface area contributed by atoms with E-state index in [9.17, 15) is 18.0 Å². The molecule has 2 aromatic heterocycles. The monoisotopic (exact) mass is 486 g/mol. The van der Waals surface area contributed by atoms with Gasteiger partial charge in [0.25, 0.3) is 0 Å². The van der Waals surface area contributed by atoms with Crippen LogP contribution < -0.4 is 10.1 Å². The molecule has 1 saturated heterocycles. The molecule has 2 aliphatic rings. The number of halogens is 3. The number of pyridine rings is 1. The second kappa shape index (κ2) is 9.33. The van der Waals surface area contributed by atoms with Crippen molar-refractivity contribution >= 4 is 5.91 Å². The molecule has 3 heterocycles. The number of hydrogen-bond donors (Lipinski definition) is 1. The SMILES string of the molecule is C[C@@]1(NC(=O)[C@@H]2CCc3c(-c4cccc(OC(F)F)c4)nn(-c4ccc(F)cn4)c3C2)CCOC1. The molecule has 0 radical (unpaired) electrons. The highest BCUT2D eigenvalue weighted by atomic mass is 19.3. The van der Waals surface area contributed by atoms with E-state index >= 15 is 0 Å². The summed E-state index contributed by atoms with van der Waals surface area (Å²) in [5.41, 5.74) is 2.52. The molecule has 0 spiro atoms. The minimum Gasteiger partial charge on any atom is -0.435 e. The lowest BCUT2D eigenvalue weighted by molar-refractivity contribution is -0.127. The zero-order chi connectivity index (χ0) is 24.6. The maximum Gasteiger partial charge on any atom is 0.387 e. The number of alkyl halides is 2. The second-order valence-corrected chi connectivity index (χ2v) is 9.22. The Kier molecular flexibility index (Phi) is 6.22. The lowest BCUT2D eigenvalue weighted by Gasteiger charge is -2.29. The summed E-state index contributed by atoms with van der Waals surface area (Å²) in [6, 6.07) is 9.16. The second-order valence-electron chi connectivity index (χ2n) is 9.22. The molecular formula is C25H25F3N4O3. The summed E-state index contributed by atoms with van der Waals surface area (Å²) >= 11 is 0. The molecule has 0 unspecified atom stereocenters. The molecule has 1 aliphatic carbocycles. The Balaban J connectivity index is 1.50. The van der Waals surface area contributed by atoms with Gasteiger partial charge in [-0.15, -0.1) is 0 Å². The van der Waals surface area contributed by atoms with Gasteiger partial charge in [-0.2, -0.15) is 13.9 Å². The molecule has 2 atom stereocenters. The number of hydrogen-bond acceptors (Lipinski definition) is 5. The molecule has 0 bridgehead atoms. The third kappa shape index (κ3) is 4.88. The standard InChI is InChI=1S/C25H25F3N4O3/c1-25(9-10-34-14-25)30-23(33)16-5-7-19-20(12-16)32(21-8-6-17(26)13-29-21)31-22(19)15-3-2-4-18(11-15)35-24(27)28/h2-4,6,8,11,13,16,24H,5,7,9-10,12,14H2,1H3,(H,30,33)/t16-,25-/m1/s1. The molecule has 184 valence electrons. The van der Waals surface area contributed by atoms with Gasteiger partial charge in [0.15, 0.2) is 5.82 Å². The first-order valence-electron chi connectivity index (χ1n) is 11.5. The van der Waals surface area contributed by atoms with Crippen molar-refractivity contribution in [3.8, 4) is 22.8 Å². The summed E-state index contributed by atoms with van der Waals surface area (Å²) in [6.45, 7) is 0.138. The Bertz CT molecular complexity index is 1220. The zero-order valence-electron chi connectivity index (χ0n) is 19.1. The van der Waals surface area contributed by atoms with Gasteiger partial charge in [-0.05, 0) is 50.5 Å². The van der Waals surface area contributed by atoms with E-state index in [0.29, 0.717) is 49.6 Å². The molecule has 35 heavy (non-hydrogen) atoms. The number of ether oxygens (including phenoxy) is 2. The van der Waals surface area contributed by atoms with Crippen molar-refractivity contribution in [3.05, 3.63) is 59.7 Å². The van der Waals surface area contributed by atoms with Crippen molar-refractivity contribution in [2.24, 2.45) is 5.92 Å². The van der Waals surface area contributed by atoms with Crippen LogP contribution in [0.3, 0.4) is 0 Å². The van der Waals surface area contributed by atoms with Gasteiger partial charge in [-0.3, -0.25) is 4.79 Å². The minimum absolute atomic E-state index is 0.0285. The molecule has 0 saturated carbocycles. The van der Waals surface area contributed by atoms with Crippen LogP contribution in [-0.4, -0.2) is 46.0 Å². The summed E-state index contributed by atoms with van der Waals surface area (Å²) in [7, 11) is 0. The molecule has 1 fully saturated rings. The smallest absolute Gasteiger partial charge is 0.387 e. The first-order valence-corrected chi connectivity index (χ1v) is 11.5. The van der Waals surface area contributed by atoms with Gasteiger partial charge in [0.05, 0.1) is 29.7 Å². The Morgan fingerprint density at radius 2 is 2.17 bits per heavy atom. The molecule has 10 heteroatoms. The van der Waals surface area contributed by atoms with Crippen LogP contribution in [0.5, 0.6) is 5.75 Å². The molecular weight excluding hydrogens is 461 g/mol. The van der Waals surface area contributed by atoms with Crippen LogP contribution in [0.2, 0.25) is 0 Å². The van der Waals surface area contributed by atoms with E-state index in [2.05, 4.69) is 15.0 Å². The number of fused-ring (bicyclic) bond motifs is 1. The lowest BCUT2D eigenvalue weighted by atomic mass is 9.84. The first kappa shape index (κ1) is 23.3. The molecule has 3 aromatic rings. The van der Waals surface area contributed by atoms with E-state index in [1.54, 1.807) is 16.8 Å². The molecule has 1 N–H and O–H groups in total. The summed E-state index contributed by atoms with van der Waals surface area (Å²) < 4.78 is 50.7. The van der Waals surface area contributed by atoms with Gasteiger partial charge in [0, 0.05) is 30.1 Å². The Morgan fingerprint density at radius 1 is 1.31 bits per heavy atom. The fourth-order valence-corrected chi connectivity index (χ4v) is 4.73. The summed E-state index contributed by atoms with van der Waals surface area (Å²) in [4.78, 5) is 17.3. The van der Waals surface area contributed by atoms with Gasteiger partial charge in [-0.25, -0.2) is 14.1 Å². The summed E-state index contributed by atoms with van der Waals surface area (Å²) in [5, 5.41) is 7.87. The van der Waals surface area contributed by atoms with Gasteiger partial charge in [-0.1, -0.05) is 12.1 Å². The van der Waals surface area contributed by atoms with E-state index in [4.69, 9.17) is 9.84 Å². The summed E-state index contributed by atoms with van der Waals surface area (Å²) in [5.74, 6) is -0.363. The van der Waals surface area contributed by atoms with E-state index in [1.807, 2.05) is 6.92 Å². The van der Waals surface area contributed by atoms with Crippen molar-refractivity contribution in [2.45, 2.75) is 44.8 Å². The molecule has 7 nitrogen and oxygen atoms in total. The predicted octanol–water partition coefficient (Wildman–Crippen LogP) is 4.07. The van der Waals surface area contributed by atoms with Gasteiger partial charge in [0.1, 0.15) is 11.6 Å². The summed E-state index contributed by atoms with van der Waals surface area (Å²) in [6.07, 6.45) is 3.45. The number of carbonyl (C=O) groups is 1. The number of carbonyl (C=O) groups excluding carboxylic acids is 1. The van der Waals surface area contributed by atoms with Crippen LogP contribution in [0.15, 0.2) is 42.6 Å². The zero-order valence-corrected chi connectivity index (χ0v) is 19.1. The fraction of sp³-hybridized carbons (Fsp3) is 0.400. The maximum atomic E-state index is 13.5. The normalized spacial score (nSPS) is 21.7. The Hall–Kier alpha value is -3.40. The fourth-order valence-electron chi connectivity index (χ4n) is 4.73. The van der Waals surface area contributed by atoms with Crippen LogP contribution in [-0.2, 0) is 22.4 Å². The van der Waals surface area contributed by atoms with Crippen molar-refractivity contribution in [2.75, 3.05) is 13.2 Å². The highest BCUT2D eigenvalue weighted by molar-refractivity contribution is 5.80. The number of nitrogens with one attached hydrogen (secondary N) is 1. The Labute approximate surface area is 200 Å². The van der Waals surface area contributed by atoms with Crippen LogP contribution in [0.1, 0.15) is 31.0 Å². The minimum atomic E-state index is -2.94. The number of benzene rings is 1. The molecule has 1 aliphatic heterocycles. The van der Waals surface area contributed by atoms with Crippen LogP contribution >= 0.6 is 0 Å². The van der Waals surface area contributed by atoms with E-state index < -0.39 is 12.4 Å². The highest BCUT2D eigenvalue weighted by Gasteiger charge is 2.36. The van der Waals surface area contributed by atoms with Crippen molar-refractivity contribution in [3.63, 3.8) is 0 Å². The maximum absolute atomic E-state index is 13.5. The van der Waals surface area contributed by atoms with Gasteiger partial charge in [0.2, 0.25) is 5.91 Å². The van der Waals surface area contributed by atoms with Crippen molar-refractivity contribution in [1.29, 1.82) is 0 Å². The average Bonchev–Trinajstić information content (AvgIpc) is 3.43. The van der Waals surface area contributed by atoms with Crippen LogP contribution in [0.25, 0.3) is 17.1 Å². The number of nitrogens with zero attached hydrogens (tertiary/aromatic N) is 3. The Morgan fingerprint density at radius 3 is 2.89 bits per heavy atom. The average molecular weight is 486 g/mol. The van der Waals surface area contributed by atoms with Crippen LogP contribution in [0, 0.1) is 11.7 Å². The molecule has 1 aromatic carbocycles. The topological polar surface area (TPSA) is 78.3 Å². The van der Waals surface area contributed by atoms with E-state index in [0.717, 1.165) is 23.9 Å². The highest BCUT2D eigenvalue weighted by Crippen LogP contribution is 2.36. The van der Waals surface area contributed by atoms with E-state index in [-0.39, 0.29) is 23.1 Å². The third-order valence-electron chi connectivity index (χ3n) is 6.55. The van der Waals surface area contributed by atoms with E-state index in [1.165, 1.54) is 24.3 Å². The largest absolute Gasteiger partial charge is 0.435 e. The van der Waals surface area contributed by atoms with Gasteiger partial charge >= 0.3 is 6.61 Å². The number of amides is 1. The molecule has 5 rings (SSSR count). The number of aromatic nitrogens is 3. The quantitative estimate of drug-likeness (QED) is 0.568.